The minimum atomic E-state index is -0.925. The van der Waals surface area contributed by atoms with Crippen molar-refractivity contribution in [2.45, 2.75) is 0 Å². The van der Waals surface area contributed by atoms with Gasteiger partial charge in [0, 0.05) is 17.7 Å². The van der Waals surface area contributed by atoms with Gasteiger partial charge in [0.2, 0.25) is 0 Å². The first-order valence-corrected chi connectivity index (χ1v) is 9.44. The maximum atomic E-state index is 13.2. The molecule has 0 radical (unpaired) electrons. The number of carbonyl (C=O) groups excluding carboxylic acids is 3. The summed E-state index contributed by atoms with van der Waals surface area (Å²) in [5, 5.41) is 2.40. The van der Waals surface area contributed by atoms with Crippen molar-refractivity contribution < 1.29 is 28.6 Å². The number of anilines is 1. The first-order chi connectivity index (χ1) is 14.9. The standard InChI is InChI=1S/C22H19ClN2O6/c1-4-9-31-17-8-6-5-7-13(17)10-14-20(26)24-22(28)25(21(14)27)16-12-18(29-2)15(23)11-19(16)30-3/h4-8,10-12H,1,9H2,2-3H3,(H,24,26,28)/b14-10+. The second-order valence-electron chi connectivity index (χ2n) is 6.25. The van der Waals surface area contributed by atoms with Gasteiger partial charge in [0.15, 0.2) is 0 Å². The van der Waals surface area contributed by atoms with Crippen LogP contribution in [0.2, 0.25) is 5.02 Å². The molecule has 0 spiro atoms. The second-order valence-corrected chi connectivity index (χ2v) is 6.66. The highest BCUT2D eigenvalue weighted by Gasteiger charge is 2.38. The fourth-order valence-corrected chi connectivity index (χ4v) is 3.16. The third-order valence-corrected chi connectivity index (χ3v) is 4.67. The average molecular weight is 443 g/mol. The van der Waals surface area contributed by atoms with E-state index in [9.17, 15) is 14.4 Å². The number of hydrogen-bond donors (Lipinski definition) is 1. The molecular formula is C22H19ClN2O6. The normalized spacial score (nSPS) is 15.0. The molecule has 160 valence electrons. The topological polar surface area (TPSA) is 94.2 Å². The van der Waals surface area contributed by atoms with E-state index in [0.29, 0.717) is 11.3 Å². The average Bonchev–Trinajstić information content (AvgIpc) is 2.76. The molecular weight excluding hydrogens is 424 g/mol. The predicted octanol–water partition coefficient (Wildman–Crippen LogP) is 3.59. The van der Waals surface area contributed by atoms with Crippen molar-refractivity contribution in [3.8, 4) is 17.2 Å². The first-order valence-electron chi connectivity index (χ1n) is 9.07. The van der Waals surface area contributed by atoms with Gasteiger partial charge in [-0.05, 0) is 12.1 Å². The van der Waals surface area contributed by atoms with Crippen molar-refractivity contribution in [3.05, 3.63) is 65.2 Å². The molecule has 0 atom stereocenters. The summed E-state index contributed by atoms with van der Waals surface area (Å²) in [4.78, 5) is 39.0. The number of nitrogens with zero attached hydrogens (tertiary/aromatic N) is 1. The van der Waals surface area contributed by atoms with Crippen molar-refractivity contribution in [2.24, 2.45) is 0 Å². The Bertz CT molecular complexity index is 1100. The van der Waals surface area contributed by atoms with Crippen molar-refractivity contribution in [3.63, 3.8) is 0 Å². The zero-order valence-electron chi connectivity index (χ0n) is 16.8. The lowest BCUT2D eigenvalue weighted by molar-refractivity contribution is -0.122. The minimum absolute atomic E-state index is 0.0702. The monoisotopic (exact) mass is 442 g/mol. The lowest BCUT2D eigenvalue weighted by Gasteiger charge is -2.28. The number of carbonyl (C=O) groups is 3. The van der Waals surface area contributed by atoms with Crippen LogP contribution in [0.25, 0.3) is 6.08 Å². The largest absolute Gasteiger partial charge is 0.495 e. The van der Waals surface area contributed by atoms with Gasteiger partial charge >= 0.3 is 6.03 Å². The van der Waals surface area contributed by atoms with Crippen LogP contribution in [-0.2, 0) is 9.59 Å². The lowest BCUT2D eigenvalue weighted by Crippen LogP contribution is -2.54. The lowest BCUT2D eigenvalue weighted by atomic mass is 10.1. The molecule has 1 aliphatic rings. The Balaban J connectivity index is 2.09. The van der Waals surface area contributed by atoms with Gasteiger partial charge in [-0.3, -0.25) is 14.9 Å². The van der Waals surface area contributed by atoms with Crippen LogP contribution in [0.3, 0.4) is 0 Å². The van der Waals surface area contributed by atoms with Crippen LogP contribution in [0.5, 0.6) is 17.2 Å². The number of imide groups is 2. The highest BCUT2D eigenvalue weighted by Crippen LogP contribution is 2.39. The Kier molecular flexibility index (Phi) is 6.61. The maximum Gasteiger partial charge on any atom is 0.336 e. The van der Waals surface area contributed by atoms with Crippen molar-refractivity contribution in [1.82, 2.24) is 5.32 Å². The van der Waals surface area contributed by atoms with Gasteiger partial charge in [-0.2, -0.15) is 0 Å². The van der Waals surface area contributed by atoms with Gasteiger partial charge in [-0.25, -0.2) is 9.69 Å². The molecule has 1 aliphatic heterocycles. The van der Waals surface area contributed by atoms with E-state index in [-0.39, 0.29) is 34.4 Å². The Labute approximate surface area is 183 Å². The van der Waals surface area contributed by atoms with Crippen molar-refractivity contribution in [2.75, 3.05) is 25.7 Å². The molecule has 2 aromatic carbocycles. The van der Waals surface area contributed by atoms with E-state index in [0.717, 1.165) is 4.90 Å². The summed E-state index contributed by atoms with van der Waals surface area (Å²) in [6.45, 7) is 3.84. The van der Waals surface area contributed by atoms with Crippen LogP contribution in [0.15, 0.2) is 54.6 Å². The van der Waals surface area contributed by atoms with Crippen LogP contribution >= 0.6 is 11.6 Å². The van der Waals surface area contributed by atoms with Crippen LogP contribution < -0.4 is 24.4 Å². The van der Waals surface area contributed by atoms with Crippen LogP contribution in [-0.4, -0.2) is 38.7 Å². The summed E-state index contributed by atoms with van der Waals surface area (Å²) in [5.41, 5.74) is 0.295. The van der Waals surface area contributed by atoms with E-state index in [1.54, 1.807) is 30.3 Å². The molecule has 0 aromatic heterocycles. The number of ether oxygens (including phenoxy) is 3. The second kappa shape index (κ2) is 9.36. The highest BCUT2D eigenvalue weighted by molar-refractivity contribution is 6.39. The number of amides is 4. The number of methoxy groups -OCH3 is 2. The van der Waals surface area contributed by atoms with E-state index in [1.807, 2.05) is 0 Å². The molecule has 1 heterocycles. The molecule has 0 aliphatic carbocycles. The summed E-state index contributed by atoms with van der Waals surface area (Å²) in [7, 11) is 2.76. The van der Waals surface area contributed by atoms with E-state index in [4.69, 9.17) is 25.8 Å². The van der Waals surface area contributed by atoms with E-state index in [2.05, 4.69) is 11.9 Å². The number of para-hydroxylation sites is 1. The zero-order valence-corrected chi connectivity index (χ0v) is 17.6. The number of hydrogen-bond acceptors (Lipinski definition) is 6. The molecule has 0 unspecified atom stereocenters. The number of benzene rings is 2. The van der Waals surface area contributed by atoms with Crippen molar-refractivity contribution in [1.29, 1.82) is 0 Å². The number of barbiturate groups is 1. The van der Waals surface area contributed by atoms with Gasteiger partial charge in [-0.15, -0.1) is 0 Å². The highest BCUT2D eigenvalue weighted by atomic mass is 35.5. The van der Waals surface area contributed by atoms with E-state index in [1.165, 1.54) is 32.4 Å². The molecule has 0 bridgehead atoms. The SMILES string of the molecule is C=CCOc1ccccc1/C=C1\C(=O)NC(=O)N(c2cc(OC)c(Cl)cc2OC)C1=O. The van der Waals surface area contributed by atoms with Gasteiger partial charge in [0.1, 0.15) is 29.4 Å². The third-order valence-electron chi connectivity index (χ3n) is 4.37. The molecule has 1 saturated heterocycles. The van der Waals surface area contributed by atoms with E-state index >= 15 is 0 Å². The summed E-state index contributed by atoms with van der Waals surface area (Å²) >= 11 is 6.11. The smallest absolute Gasteiger partial charge is 0.336 e. The molecule has 1 fully saturated rings. The number of rotatable bonds is 7. The molecule has 9 heteroatoms. The minimum Gasteiger partial charge on any atom is -0.495 e. The quantitative estimate of drug-likeness (QED) is 0.400. The fourth-order valence-electron chi connectivity index (χ4n) is 2.93. The number of urea groups is 1. The van der Waals surface area contributed by atoms with Gasteiger partial charge in [0.25, 0.3) is 11.8 Å². The van der Waals surface area contributed by atoms with Gasteiger partial charge in [-0.1, -0.05) is 42.5 Å². The van der Waals surface area contributed by atoms with Gasteiger partial charge in [0.05, 0.1) is 24.9 Å². The summed E-state index contributed by atoms with van der Waals surface area (Å²) in [6.07, 6.45) is 2.93. The molecule has 31 heavy (non-hydrogen) atoms. The Morgan fingerprint density at radius 2 is 1.77 bits per heavy atom. The molecule has 0 saturated carbocycles. The van der Waals surface area contributed by atoms with Crippen LogP contribution in [0, 0.1) is 0 Å². The molecule has 1 N–H and O–H groups in total. The Hall–Kier alpha value is -3.78. The third kappa shape index (κ3) is 4.39. The summed E-state index contributed by atoms with van der Waals surface area (Å²) in [6, 6.07) is 8.72. The Morgan fingerprint density at radius 1 is 1.06 bits per heavy atom. The maximum absolute atomic E-state index is 13.2. The number of nitrogens with one attached hydrogen (secondary N) is 1. The van der Waals surface area contributed by atoms with Crippen LogP contribution in [0.4, 0.5) is 10.5 Å². The molecule has 8 nitrogen and oxygen atoms in total. The predicted molar refractivity (Wildman–Crippen MR) is 116 cm³/mol. The van der Waals surface area contributed by atoms with Gasteiger partial charge < -0.3 is 14.2 Å². The summed E-state index contributed by atoms with van der Waals surface area (Å²) in [5.74, 6) is -0.842. The molecule has 3 rings (SSSR count). The summed E-state index contributed by atoms with van der Waals surface area (Å²) < 4.78 is 16.0. The molecule has 2 aromatic rings. The first kappa shape index (κ1) is 21.9. The Morgan fingerprint density at radius 3 is 2.45 bits per heavy atom. The molecule has 4 amide bonds. The van der Waals surface area contributed by atoms with Crippen LogP contribution in [0.1, 0.15) is 5.56 Å². The zero-order chi connectivity index (χ0) is 22.5. The van der Waals surface area contributed by atoms with E-state index < -0.39 is 17.8 Å². The fraction of sp³-hybridized carbons (Fsp3) is 0.136. The van der Waals surface area contributed by atoms with Crippen molar-refractivity contribution >= 4 is 41.2 Å². The number of halogens is 1.